The molecule has 2 aromatic rings. The van der Waals surface area contributed by atoms with E-state index in [1.165, 1.54) is 70.6 Å². The molecule has 1 saturated carbocycles. The molecule has 0 saturated heterocycles. The minimum absolute atomic E-state index is 0.129. The Morgan fingerprint density at radius 3 is 2.00 bits per heavy atom. The van der Waals surface area contributed by atoms with E-state index in [2.05, 4.69) is 24.9 Å². The topological polar surface area (TPSA) is 72.2 Å². The molecule has 5 heteroatoms. The second kappa shape index (κ2) is 18.5. The highest BCUT2D eigenvalue weighted by molar-refractivity contribution is 5.75. The average molecular weight is 561 g/mol. The zero-order chi connectivity index (χ0) is 29.2. The third kappa shape index (κ3) is 11.5. The van der Waals surface area contributed by atoms with Crippen molar-refractivity contribution >= 4 is 5.97 Å². The minimum Gasteiger partial charge on any atom is -0.492 e. The van der Waals surface area contributed by atoms with Gasteiger partial charge in [0, 0.05) is 5.56 Å². The third-order valence-electron chi connectivity index (χ3n) is 8.64. The van der Waals surface area contributed by atoms with Crippen molar-refractivity contribution < 1.29 is 14.3 Å². The number of carbonyl (C=O) groups excluding carboxylic acids is 1. The first-order chi connectivity index (χ1) is 20.1. The number of rotatable bonds is 19. The molecular weight excluding hydrogens is 508 g/mol. The monoisotopic (exact) mass is 560 g/mol. The molecule has 0 atom stereocenters. The Morgan fingerprint density at radius 2 is 1.41 bits per heavy atom. The normalized spacial score (nSPS) is 18.5. The number of nitrogens with zero attached hydrogens (tertiary/aromatic N) is 2. The molecule has 1 aliphatic rings. The number of unbranched alkanes of at least 4 members (excludes halogenated alkanes) is 11. The molecule has 0 spiro atoms. The van der Waals surface area contributed by atoms with Crippen LogP contribution in [-0.2, 0) is 4.79 Å². The molecule has 0 amide bonds. The van der Waals surface area contributed by atoms with E-state index in [1.54, 1.807) is 6.20 Å². The first-order valence-electron chi connectivity index (χ1n) is 16.4. The van der Waals surface area contributed by atoms with Crippen LogP contribution < -0.4 is 9.47 Å². The number of benzene rings is 1. The van der Waals surface area contributed by atoms with Gasteiger partial charge >= 0.3 is 5.97 Å². The van der Waals surface area contributed by atoms with Crippen molar-refractivity contribution in [3.05, 3.63) is 42.6 Å². The molecule has 0 bridgehead atoms. The molecule has 0 N–H and O–H groups in total. The number of hydrogen-bond donors (Lipinski definition) is 0. The van der Waals surface area contributed by atoms with Crippen LogP contribution in [0.5, 0.6) is 11.5 Å². The van der Waals surface area contributed by atoms with Crippen molar-refractivity contribution in [2.24, 2.45) is 11.3 Å². The lowest BCUT2D eigenvalue weighted by molar-refractivity contribution is -0.140. The van der Waals surface area contributed by atoms with Gasteiger partial charge in [-0.25, -0.2) is 0 Å². The van der Waals surface area contributed by atoms with E-state index in [9.17, 15) is 10.1 Å². The lowest BCUT2D eigenvalue weighted by Gasteiger charge is -2.34. The average Bonchev–Trinajstić information content (AvgIpc) is 3.01. The van der Waals surface area contributed by atoms with Gasteiger partial charge in [-0.2, -0.15) is 5.26 Å². The molecule has 3 rings (SSSR count). The molecule has 41 heavy (non-hydrogen) atoms. The lowest BCUT2D eigenvalue weighted by Crippen LogP contribution is -2.31. The fraction of sp³-hybridized carbons (Fsp3) is 0.639. The minimum atomic E-state index is -0.259. The van der Waals surface area contributed by atoms with Gasteiger partial charge in [0.25, 0.3) is 0 Å². The van der Waals surface area contributed by atoms with E-state index < -0.39 is 0 Å². The van der Waals surface area contributed by atoms with E-state index in [4.69, 9.17) is 9.47 Å². The number of esters is 1. The molecular formula is C36H52N2O3. The van der Waals surface area contributed by atoms with E-state index in [0.717, 1.165) is 68.6 Å². The van der Waals surface area contributed by atoms with Crippen LogP contribution in [0.1, 0.15) is 129 Å². The molecule has 0 radical (unpaired) electrons. The van der Waals surface area contributed by atoms with Gasteiger partial charge in [-0.15, -0.1) is 0 Å². The molecule has 0 unspecified atom stereocenters. The first kappa shape index (κ1) is 32.6. The maximum absolute atomic E-state index is 12.9. The summed E-state index contributed by atoms with van der Waals surface area (Å²) in [6.45, 7) is 5.21. The summed E-state index contributed by atoms with van der Waals surface area (Å²) in [7, 11) is 0. The number of ether oxygens (including phenoxy) is 2. The molecule has 5 nitrogen and oxygen atoms in total. The molecule has 1 heterocycles. The van der Waals surface area contributed by atoms with Crippen molar-refractivity contribution in [1.29, 1.82) is 5.26 Å². The highest BCUT2D eigenvalue weighted by Gasteiger charge is 2.38. The fourth-order valence-electron chi connectivity index (χ4n) is 5.85. The lowest BCUT2D eigenvalue weighted by atomic mass is 9.69. The quantitative estimate of drug-likeness (QED) is 0.0970. The standard InChI is InChI=1S/C36H52N2O3/c1-3-5-7-9-11-13-15-27-40-33-20-21-34(38-28-33)30-16-18-32(19-17-30)41-35(39)31-22-25-36(29-37,26-23-31)24-14-12-10-8-6-4-2/h16-21,28,31H,3-15,22-27H2,1-2H3. The summed E-state index contributed by atoms with van der Waals surface area (Å²) in [5, 5.41) is 9.89. The molecule has 1 fully saturated rings. The van der Waals surface area contributed by atoms with Crippen LogP contribution in [0.25, 0.3) is 11.3 Å². The van der Waals surface area contributed by atoms with Gasteiger partial charge in [0.1, 0.15) is 11.5 Å². The molecule has 1 aromatic carbocycles. The van der Waals surface area contributed by atoms with Gasteiger partial charge < -0.3 is 9.47 Å². The predicted octanol–water partition coefficient (Wildman–Crippen LogP) is 10.2. The van der Waals surface area contributed by atoms with Crippen LogP contribution >= 0.6 is 0 Å². The van der Waals surface area contributed by atoms with Gasteiger partial charge in [-0.05, 0) is 74.9 Å². The van der Waals surface area contributed by atoms with Gasteiger partial charge in [-0.1, -0.05) is 90.9 Å². The summed E-state index contributed by atoms with van der Waals surface area (Å²) in [6.07, 6.45) is 22.1. The summed E-state index contributed by atoms with van der Waals surface area (Å²) >= 11 is 0. The van der Waals surface area contributed by atoms with E-state index in [0.29, 0.717) is 5.75 Å². The van der Waals surface area contributed by atoms with Gasteiger partial charge in [0.2, 0.25) is 0 Å². The van der Waals surface area contributed by atoms with E-state index in [1.807, 2.05) is 36.4 Å². The number of aromatic nitrogens is 1. The largest absolute Gasteiger partial charge is 0.492 e. The Balaban J connectivity index is 1.38. The van der Waals surface area contributed by atoms with Gasteiger partial charge in [0.05, 0.1) is 35.9 Å². The van der Waals surface area contributed by atoms with Gasteiger partial charge in [-0.3, -0.25) is 9.78 Å². The summed E-state index contributed by atoms with van der Waals surface area (Å²) < 4.78 is 11.6. The van der Waals surface area contributed by atoms with Crippen molar-refractivity contribution in [3.63, 3.8) is 0 Å². The Hall–Kier alpha value is -2.87. The van der Waals surface area contributed by atoms with Gasteiger partial charge in [0.15, 0.2) is 0 Å². The van der Waals surface area contributed by atoms with E-state index >= 15 is 0 Å². The van der Waals surface area contributed by atoms with Crippen LogP contribution in [-0.4, -0.2) is 17.6 Å². The molecule has 224 valence electrons. The summed E-state index contributed by atoms with van der Waals surface area (Å²) in [6, 6.07) is 14.1. The first-order valence-corrected chi connectivity index (χ1v) is 16.4. The van der Waals surface area contributed by atoms with Crippen LogP contribution in [0.4, 0.5) is 0 Å². The number of carbonyl (C=O) groups is 1. The van der Waals surface area contributed by atoms with Crippen molar-refractivity contribution in [2.45, 2.75) is 129 Å². The van der Waals surface area contributed by atoms with Crippen LogP contribution in [0.3, 0.4) is 0 Å². The molecule has 0 aliphatic heterocycles. The maximum Gasteiger partial charge on any atom is 0.314 e. The van der Waals surface area contributed by atoms with E-state index in [-0.39, 0.29) is 17.3 Å². The zero-order valence-corrected chi connectivity index (χ0v) is 25.7. The third-order valence-corrected chi connectivity index (χ3v) is 8.64. The fourth-order valence-corrected chi connectivity index (χ4v) is 5.85. The van der Waals surface area contributed by atoms with Crippen molar-refractivity contribution in [3.8, 4) is 28.8 Å². The predicted molar refractivity (Wildman–Crippen MR) is 167 cm³/mol. The van der Waals surface area contributed by atoms with Crippen molar-refractivity contribution in [2.75, 3.05) is 6.61 Å². The smallest absolute Gasteiger partial charge is 0.314 e. The summed E-state index contributed by atoms with van der Waals surface area (Å²) in [4.78, 5) is 17.4. The Morgan fingerprint density at radius 1 is 0.829 bits per heavy atom. The van der Waals surface area contributed by atoms with Crippen LogP contribution in [0, 0.1) is 22.7 Å². The Bertz CT molecular complexity index is 1030. The second-order valence-corrected chi connectivity index (χ2v) is 12.0. The number of nitriles is 1. The SMILES string of the molecule is CCCCCCCCCOc1ccc(-c2ccc(OC(=O)C3CCC(C#N)(CCCCCCCC)CC3)cc2)nc1. The molecule has 1 aliphatic carbocycles. The Labute approximate surface area is 249 Å². The number of hydrogen-bond acceptors (Lipinski definition) is 5. The summed E-state index contributed by atoms with van der Waals surface area (Å²) in [5.41, 5.74) is 1.57. The van der Waals surface area contributed by atoms with Crippen LogP contribution in [0.15, 0.2) is 42.6 Å². The zero-order valence-electron chi connectivity index (χ0n) is 25.7. The highest BCUT2D eigenvalue weighted by atomic mass is 16.5. The maximum atomic E-state index is 12.9. The highest BCUT2D eigenvalue weighted by Crippen LogP contribution is 2.43. The van der Waals surface area contributed by atoms with Crippen molar-refractivity contribution in [1.82, 2.24) is 4.98 Å². The Kier molecular flexibility index (Phi) is 14.8. The number of pyridine rings is 1. The summed E-state index contributed by atoms with van der Waals surface area (Å²) in [5.74, 6) is 1.04. The molecule has 1 aromatic heterocycles. The second-order valence-electron chi connectivity index (χ2n) is 12.0. The van der Waals surface area contributed by atoms with Crippen LogP contribution in [0.2, 0.25) is 0 Å².